The van der Waals surface area contributed by atoms with Crippen LogP contribution in [0.4, 0.5) is 0 Å². The van der Waals surface area contributed by atoms with E-state index in [1.54, 1.807) is 0 Å². The Morgan fingerprint density at radius 2 is 1.93 bits per heavy atom. The van der Waals surface area contributed by atoms with Crippen LogP contribution in [0.3, 0.4) is 0 Å². The molecule has 0 aliphatic carbocycles. The van der Waals surface area contributed by atoms with Crippen LogP contribution in [0, 0.1) is 0 Å². The SMILES string of the molecule is Oc1cc(O)c(-c2onc3c2CN(C2CCN(Cc4ccccc4)C2)CC3)cc1Cl. The maximum Gasteiger partial charge on any atom is 0.175 e. The van der Waals surface area contributed by atoms with Crippen molar-refractivity contribution >= 4 is 11.6 Å². The second-order valence-electron chi connectivity index (χ2n) is 8.14. The minimum Gasteiger partial charge on any atom is -0.507 e. The van der Waals surface area contributed by atoms with Gasteiger partial charge in [-0.05, 0) is 18.1 Å². The van der Waals surface area contributed by atoms with E-state index < -0.39 is 0 Å². The molecule has 1 saturated heterocycles. The molecule has 156 valence electrons. The van der Waals surface area contributed by atoms with Crippen LogP contribution < -0.4 is 0 Å². The van der Waals surface area contributed by atoms with Gasteiger partial charge in [0.1, 0.15) is 11.5 Å². The number of hydrogen-bond donors (Lipinski definition) is 2. The Bertz CT molecular complexity index is 1050. The fourth-order valence-corrected chi connectivity index (χ4v) is 4.75. The van der Waals surface area contributed by atoms with Crippen molar-refractivity contribution in [2.45, 2.75) is 32.0 Å². The van der Waals surface area contributed by atoms with E-state index in [1.165, 1.54) is 17.7 Å². The number of aromatic nitrogens is 1. The summed E-state index contributed by atoms with van der Waals surface area (Å²) >= 11 is 6.06. The molecular formula is C23H24ClN3O3. The van der Waals surface area contributed by atoms with Gasteiger partial charge in [0.2, 0.25) is 0 Å². The summed E-state index contributed by atoms with van der Waals surface area (Å²) < 4.78 is 5.60. The molecule has 0 radical (unpaired) electrons. The van der Waals surface area contributed by atoms with E-state index in [9.17, 15) is 10.2 Å². The quantitative estimate of drug-likeness (QED) is 0.657. The van der Waals surface area contributed by atoms with Crippen LogP contribution in [0.25, 0.3) is 11.3 Å². The third-order valence-corrected chi connectivity index (χ3v) is 6.49. The Morgan fingerprint density at radius 1 is 1.10 bits per heavy atom. The Kier molecular flexibility index (Phi) is 5.15. The molecule has 1 unspecified atom stereocenters. The molecule has 1 atom stereocenters. The number of fused-ring (bicyclic) bond motifs is 1. The number of phenols is 2. The van der Waals surface area contributed by atoms with Gasteiger partial charge in [-0.2, -0.15) is 0 Å². The highest BCUT2D eigenvalue weighted by Gasteiger charge is 2.33. The normalized spacial score (nSPS) is 19.8. The first kappa shape index (κ1) is 19.4. The summed E-state index contributed by atoms with van der Waals surface area (Å²) in [6.07, 6.45) is 1.96. The van der Waals surface area contributed by atoms with Crippen molar-refractivity contribution in [2.75, 3.05) is 19.6 Å². The van der Waals surface area contributed by atoms with E-state index in [0.29, 0.717) is 17.4 Å². The molecule has 3 heterocycles. The van der Waals surface area contributed by atoms with Crippen molar-refractivity contribution in [1.29, 1.82) is 0 Å². The van der Waals surface area contributed by atoms with Gasteiger partial charge in [0.15, 0.2) is 5.76 Å². The molecule has 2 N–H and O–H groups in total. The Morgan fingerprint density at radius 3 is 2.77 bits per heavy atom. The van der Waals surface area contributed by atoms with Crippen molar-refractivity contribution in [3.05, 3.63) is 64.3 Å². The van der Waals surface area contributed by atoms with Crippen molar-refractivity contribution in [2.24, 2.45) is 0 Å². The van der Waals surface area contributed by atoms with Gasteiger partial charge in [0.25, 0.3) is 0 Å². The van der Waals surface area contributed by atoms with Crippen LogP contribution in [0.5, 0.6) is 11.5 Å². The minimum absolute atomic E-state index is 0.0668. The number of likely N-dealkylation sites (tertiary alicyclic amines) is 1. The largest absolute Gasteiger partial charge is 0.507 e. The molecule has 3 aromatic rings. The van der Waals surface area contributed by atoms with E-state index in [1.807, 2.05) is 0 Å². The number of phenolic OH excluding ortho intramolecular Hbond substituents is 2. The third kappa shape index (κ3) is 3.67. The topological polar surface area (TPSA) is 73.0 Å². The number of halogens is 1. The van der Waals surface area contributed by atoms with Crippen LogP contribution in [-0.4, -0.2) is 50.8 Å². The lowest BCUT2D eigenvalue weighted by molar-refractivity contribution is 0.175. The van der Waals surface area contributed by atoms with Crippen molar-refractivity contribution in [3.63, 3.8) is 0 Å². The molecule has 0 amide bonds. The lowest BCUT2D eigenvalue weighted by atomic mass is 9.99. The van der Waals surface area contributed by atoms with Crippen LogP contribution in [0.2, 0.25) is 5.02 Å². The summed E-state index contributed by atoms with van der Waals surface area (Å²) in [6.45, 7) is 4.80. The van der Waals surface area contributed by atoms with Crippen LogP contribution >= 0.6 is 11.6 Å². The van der Waals surface area contributed by atoms with Crippen molar-refractivity contribution in [3.8, 4) is 22.8 Å². The highest BCUT2D eigenvalue weighted by atomic mass is 35.5. The predicted octanol–water partition coefficient (Wildman–Crippen LogP) is 4.04. The standard InChI is InChI=1S/C23H24ClN3O3/c24-19-10-17(21(28)11-22(19)29)23-18-14-27(9-7-20(18)25-30-23)16-6-8-26(13-16)12-15-4-2-1-3-5-15/h1-5,10-11,16,28-29H,6-9,12-14H2. The number of benzene rings is 2. The molecule has 0 bridgehead atoms. The highest BCUT2D eigenvalue weighted by molar-refractivity contribution is 6.32. The maximum atomic E-state index is 10.3. The molecule has 0 spiro atoms. The van der Waals surface area contributed by atoms with E-state index in [4.69, 9.17) is 16.1 Å². The molecule has 2 aliphatic heterocycles. The van der Waals surface area contributed by atoms with Gasteiger partial charge >= 0.3 is 0 Å². The molecule has 1 fully saturated rings. The number of aromatic hydroxyl groups is 2. The van der Waals surface area contributed by atoms with Gasteiger partial charge in [-0.3, -0.25) is 9.80 Å². The summed E-state index contributed by atoms with van der Waals surface area (Å²) in [7, 11) is 0. The number of hydrogen-bond acceptors (Lipinski definition) is 6. The minimum atomic E-state index is -0.155. The molecule has 0 saturated carbocycles. The molecule has 2 aromatic carbocycles. The molecular weight excluding hydrogens is 402 g/mol. The van der Waals surface area contributed by atoms with Crippen molar-refractivity contribution < 1.29 is 14.7 Å². The predicted molar refractivity (Wildman–Crippen MR) is 115 cm³/mol. The first-order valence-electron chi connectivity index (χ1n) is 10.3. The monoisotopic (exact) mass is 425 g/mol. The first-order chi connectivity index (χ1) is 14.6. The number of rotatable bonds is 4. The summed E-state index contributed by atoms with van der Waals surface area (Å²) in [6, 6.07) is 13.9. The maximum absolute atomic E-state index is 10.3. The lowest BCUT2D eigenvalue weighted by Gasteiger charge is -2.32. The smallest absolute Gasteiger partial charge is 0.175 e. The first-order valence-corrected chi connectivity index (χ1v) is 10.7. The van der Waals surface area contributed by atoms with Gasteiger partial charge in [-0.15, -0.1) is 0 Å². The lowest BCUT2D eigenvalue weighted by Crippen LogP contribution is -2.40. The molecule has 7 heteroatoms. The molecule has 30 heavy (non-hydrogen) atoms. The van der Waals surface area contributed by atoms with E-state index in [0.717, 1.165) is 56.8 Å². The Balaban J connectivity index is 1.32. The zero-order chi connectivity index (χ0) is 20.7. The van der Waals surface area contributed by atoms with E-state index >= 15 is 0 Å². The average Bonchev–Trinajstić information content (AvgIpc) is 3.38. The molecule has 2 aliphatic rings. The van der Waals surface area contributed by atoms with Crippen LogP contribution in [-0.2, 0) is 19.5 Å². The van der Waals surface area contributed by atoms with Gasteiger partial charge in [-0.25, -0.2) is 0 Å². The summed E-state index contributed by atoms with van der Waals surface area (Å²) in [5.74, 6) is 0.313. The van der Waals surface area contributed by atoms with E-state index in [2.05, 4.69) is 45.3 Å². The van der Waals surface area contributed by atoms with Gasteiger partial charge in [0.05, 0.1) is 16.3 Å². The summed E-state index contributed by atoms with van der Waals surface area (Å²) in [4.78, 5) is 5.00. The van der Waals surface area contributed by atoms with Gasteiger partial charge in [-0.1, -0.05) is 47.1 Å². The zero-order valence-corrected chi connectivity index (χ0v) is 17.3. The van der Waals surface area contributed by atoms with Crippen LogP contribution in [0.1, 0.15) is 23.2 Å². The molecule has 6 nitrogen and oxygen atoms in total. The van der Waals surface area contributed by atoms with Crippen LogP contribution in [0.15, 0.2) is 47.0 Å². The number of nitrogens with zero attached hydrogens (tertiary/aromatic N) is 3. The Hall–Kier alpha value is -2.54. The van der Waals surface area contributed by atoms with Gasteiger partial charge in [0, 0.05) is 56.8 Å². The van der Waals surface area contributed by atoms with Crippen molar-refractivity contribution in [1.82, 2.24) is 15.0 Å². The molecule has 1 aromatic heterocycles. The average molecular weight is 426 g/mol. The molecule has 5 rings (SSSR count). The second-order valence-corrected chi connectivity index (χ2v) is 8.55. The zero-order valence-electron chi connectivity index (χ0n) is 16.6. The highest BCUT2D eigenvalue weighted by Crippen LogP contribution is 2.41. The second kappa shape index (κ2) is 7.95. The summed E-state index contributed by atoms with van der Waals surface area (Å²) in [5, 5.41) is 24.4. The Labute approximate surface area is 180 Å². The fourth-order valence-electron chi connectivity index (χ4n) is 4.58. The fraction of sp³-hybridized carbons (Fsp3) is 0.348. The third-order valence-electron chi connectivity index (χ3n) is 6.19. The van der Waals surface area contributed by atoms with E-state index in [-0.39, 0.29) is 16.5 Å². The summed E-state index contributed by atoms with van der Waals surface area (Å²) in [5.41, 5.74) is 3.74. The van der Waals surface area contributed by atoms with Gasteiger partial charge < -0.3 is 14.7 Å².